The van der Waals surface area contributed by atoms with E-state index in [1.807, 2.05) is 0 Å². The van der Waals surface area contributed by atoms with Crippen molar-refractivity contribution in [2.45, 2.75) is 32.6 Å². The molecule has 0 aliphatic heterocycles. The molecule has 0 bridgehead atoms. The predicted octanol–water partition coefficient (Wildman–Crippen LogP) is 0.369. The number of hydrogen-bond acceptors (Lipinski definition) is 4. The van der Waals surface area contributed by atoms with E-state index < -0.39 is 22.5 Å². The second-order valence-electron chi connectivity index (χ2n) is 2.99. The van der Waals surface area contributed by atoms with Crippen LogP contribution in [-0.2, 0) is 10.1 Å². The molecule has 15 heavy (non-hydrogen) atoms. The fourth-order valence-corrected chi connectivity index (χ4v) is 0.912. The van der Waals surface area contributed by atoms with Gasteiger partial charge in [-0.05, 0) is 6.42 Å². The van der Waals surface area contributed by atoms with E-state index in [2.05, 4.69) is 6.92 Å². The summed E-state index contributed by atoms with van der Waals surface area (Å²) in [6.07, 6.45) is 4.24. The van der Waals surface area contributed by atoms with Crippen molar-refractivity contribution in [3.05, 3.63) is 0 Å². The van der Waals surface area contributed by atoms with Crippen molar-refractivity contribution in [3.8, 4) is 0 Å². The van der Waals surface area contributed by atoms with Gasteiger partial charge in [-0.1, -0.05) is 19.8 Å². The topological polar surface area (TPSA) is 124 Å². The maximum atomic E-state index is 9.63. The van der Waals surface area contributed by atoms with Crippen LogP contribution in [0.4, 0.5) is 0 Å². The summed E-state index contributed by atoms with van der Waals surface area (Å²) in [6.45, 7) is 1.61. The van der Waals surface area contributed by atoms with E-state index in [0.29, 0.717) is 5.84 Å². The van der Waals surface area contributed by atoms with Gasteiger partial charge in [-0.2, -0.15) is 8.42 Å². The van der Waals surface area contributed by atoms with Gasteiger partial charge in [0.2, 0.25) is 0 Å². The number of amidine groups is 1. The lowest BCUT2D eigenvalue weighted by Crippen LogP contribution is -2.08. The Morgan fingerprint density at radius 1 is 1.40 bits per heavy atom. The minimum Gasteiger partial charge on any atom is -0.395 e. The molecular weight excluding hydrogens is 220 g/mol. The zero-order chi connectivity index (χ0) is 12.3. The van der Waals surface area contributed by atoms with Gasteiger partial charge in [-0.3, -0.25) is 9.96 Å². The molecule has 0 aromatic rings. The van der Waals surface area contributed by atoms with Crippen LogP contribution in [0.1, 0.15) is 32.6 Å². The number of unbranched alkanes of at least 4 members (excludes halogenated alkanes) is 2. The predicted molar refractivity (Wildman–Crippen MR) is 59.6 cm³/mol. The summed E-state index contributed by atoms with van der Waals surface area (Å²) in [4.78, 5) is 0. The molecule has 0 saturated heterocycles. The van der Waals surface area contributed by atoms with E-state index in [-0.39, 0.29) is 0 Å². The molecule has 6 nitrogen and oxygen atoms in total. The summed E-state index contributed by atoms with van der Waals surface area (Å²) in [5.41, 5.74) is 5.12. The van der Waals surface area contributed by atoms with Crippen LogP contribution < -0.4 is 5.73 Å². The molecule has 0 saturated carbocycles. The zero-order valence-electron chi connectivity index (χ0n) is 8.94. The lowest BCUT2D eigenvalue weighted by Gasteiger charge is -1.93. The Morgan fingerprint density at radius 3 is 2.13 bits per heavy atom. The molecule has 0 unspecified atom stereocenters. The minimum absolute atomic E-state index is 0.318. The normalized spacial score (nSPS) is 10.3. The van der Waals surface area contributed by atoms with E-state index in [9.17, 15) is 8.42 Å². The molecule has 0 heterocycles. The van der Waals surface area contributed by atoms with Gasteiger partial charge < -0.3 is 10.8 Å². The number of rotatable bonds is 6. The van der Waals surface area contributed by atoms with Crippen LogP contribution >= 0.6 is 0 Å². The van der Waals surface area contributed by atoms with Gasteiger partial charge in [-0.15, -0.1) is 0 Å². The van der Waals surface area contributed by atoms with Crippen LogP contribution in [0.2, 0.25) is 0 Å². The summed E-state index contributed by atoms with van der Waals surface area (Å²) in [5.74, 6) is -0.258. The Bertz CT molecular complexity index is 251. The lowest BCUT2D eigenvalue weighted by molar-refractivity contribution is 0.315. The number of nitrogens with two attached hydrogens (primary N) is 1. The van der Waals surface area contributed by atoms with Crippen molar-refractivity contribution in [2.24, 2.45) is 5.73 Å². The van der Waals surface area contributed by atoms with Crippen molar-refractivity contribution in [2.75, 3.05) is 12.4 Å². The van der Waals surface area contributed by atoms with Crippen molar-refractivity contribution in [1.82, 2.24) is 0 Å². The van der Waals surface area contributed by atoms with E-state index in [4.69, 9.17) is 20.8 Å². The van der Waals surface area contributed by atoms with Crippen molar-refractivity contribution in [3.63, 3.8) is 0 Å². The fourth-order valence-electron chi connectivity index (χ4n) is 0.681. The van der Waals surface area contributed by atoms with Crippen LogP contribution in [0.3, 0.4) is 0 Å². The molecule has 0 fully saturated rings. The van der Waals surface area contributed by atoms with Gasteiger partial charge in [-0.25, -0.2) is 0 Å². The average molecular weight is 240 g/mol. The SMILES string of the molecule is CCCCCC(=N)N.O=S(=O)(O)CCO. The smallest absolute Gasteiger partial charge is 0.267 e. The van der Waals surface area contributed by atoms with Gasteiger partial charge in [0.1, 0.15) is 0 Å². The fraction of sp³-hybridized carbons (Fsp3) is 0.875. The Balaban J connectivity index is 0. The van der Waals surface area contributed by atoms with Crippen molar-refractivity contribution < 1.29 is 18.1 Å². The Morgan fingerprint density at radius 2 is 1.93 bits per heavy atom. The maximum Gasteiger partial charge on any atom is 0.267 e. The quantitative estimate of drug-likeness (QED) is 0.231. The van der Waals surface area contributed by atoms with Crippen molar-refractivity contribution in [1.29, 1.82) is 5.41 Å². The highest BCUT2D eigenvalue weighted by Crippen LogP contribution is 1.96. The first-order valence-corrected chi connectivity index (χ1v) is 6.33. The van der Waals surface area contributed by atoms with Crippen LogP contribution in [0.15, 0.2) is 0 Å². The van der Waals surface area contributed by atoms with E-state index in [0.717, 1.165) is 12.8 Å². The van der Waals surface area contributed by atoms with E-state index in [1.165, 1.54) is 12.8 Å². The third-order valence-electron chi connectivity index (χ3n) is 1.40. The third-order valence-corrected chi connectivity index (χ3v) is 2.10. The highest BCUT2D eigenvalue weighted by molar-refractivity contribution is 7.85. The minimum atomic E-state index is -3.92. The van der Waals surface area contributed by atoms with Crippen molar-refractivity contribution >= 4 is 16.0 Å². The first-order valence-electron chi connectivity index (χ1n) is 4.72. The molecule has 0 aliphatic carbocycles. The van der Waals surface area contributed by atoms with E-state index in [1.54, 1.807) is 0 Å². The summed E-state index contributed by atoms with van der Waals surface area (Å²) < 4.78 is 27.1. The Labute approximate surface area is 90.7 Å². The first-order chi connectivity index (χ1) is 6.83. The third kappa shape index (κ3) is 24.7. The van der Waals surface area contributed by atoms with Gasteiger partial charge in [0.15, 0.2) is 0 Å². The molecule has 0 spiro atoms. The van der Waals surface area contributed by atoms with Crippen LogP contribution in [0.25, 0.3) is 0 Å². The van der Waals surface area contributed by atoms with E-state index >= 15 is 0 Å². The lowest BCUT2D eigenvalue weighted by atomic mass is 10.2. The maximum absolute atomic E-state index is 9.63. The van der Waals surface area contributed by atoms with Gasteiger partial charge in [0.05, 0.1) is 18.2 Å². The standard InChI is InChI=1S/C6H14N2.C2H6O4S/c1-2-3-4-5-6(7)8;3-1-2-7(4,5)6/h2-5H2,1H3,(H3,7,8);3H,1-2H2,(H,4,5,6). The highest BCUT2D eigenvalue weighted by atomic mass is 32.2. The molecule has 0 aliphatic rings. The summed E-state index contributed by atoms with van der Waals surface area (Å²) in [7, 11) is -3.92. The second-order valence-corrected chi connectivity index (χ2v) is 4.56. The molecule has 0 aromatic carbocycles. The molecule has 0 rings (SSSR count). The summed E-state index contributed by atoms with van der Waals surface area (Å²) in [5, 5.41) is 14.7. The average Bonchev–Trinajstić information content (AvgIpc) is 2.02. The molecule has 7 heteroatoms. The largest absolute Gasteiger partial charge is 0.395 e. The molecule has 0 aromatic heterocycles. The van der Waals surface area contributed by atoms with Crippen LogP contribution in [0.5, 0.6) is 0 Å². The highest BCUT2D eigenvalue weighted by Gasteiger charge is 1.99. The number of nitrogens with one attached hydrogen (secondary N) is 1. The van der Waals surface area contributed by atoms with Gasteiger partial charge >= 0.3 is 0 Å². The Kier molecular flexibility index (Phi) is 11.0. The zero-order valence-corrected chi connectivity index (χ0v) is 9.76. The summed E-state index contributed by atoms with van der Waals surface area (Å²) >= 11 is 0. The first kappa shape index (κ1) is 16.8. The Hall–Kier alpha value is -0.660. The monoisotopic (exact) mass is 240 g/mol. The second kappa shape index (κ2) is 9.88. The molecule has 0 atom stereocenters. The number of aliphatic hydroxyl groups is 1. The van der Waals surface area contributed by atoms with Gasteiger partial charge in [0.25, 0.3) is 10.1 Å². The van der Waals surface area contributed by atoms with Crippen LogP contribution in [0, 0.1) is 5.41 Å². The molecule has 0 amide bonds. The van der Waals surface area contributed by atoms with Gasteiger partial charge in [0, 0.05) is 6.42 Å². The number of aliphatic hydroxyl groups excluding tert-OH is 1. The molecular formula is C8H20N2O4S. The number of hydrogen-bond donors (Lipinski definition) is 4. The van der Waals surface area contributed by atoms with Crippen LogP contribution in [-0.4, -0.2) is 36.3 Å². The molecule has 92 valence electrons. The summed E-state index contributed by atoms with van der Waals surface area (Å²) in [6, 6.07) is 0. The molecule has 5 N–H and O–H groups in total. The molecule has 0 radical (unpaired) electrons.